The minimum absolute atomic E-state index is 0.0639. The molecule has 3 rings (SSSR count). The SMILES string of the molecule is O=C(CN1CCCCC1)N/N=C\c1ccc(OCc2ccccc2)cc1. The molecule has 136 valence electrons. The van der Waals surface area contributed by atoms with Crippen molar-refractivity contribution in [1.29, 1.82) is 0 Å². The number of nitrogens with zero attached hydrogens (tertiary/aromatic N) is 2. The van der Waals surface area contributed by atoms with Gasteiger partial charge in [0.15, 0.2) is 0 Å². The molecule has 1 aliphatic rings. The van der Waals surface area contributed by atoms with Crippen LogP contribution >= 0.6 is 0 Å². The molecule has 1 aliphatic heterocycles. The second kappa shape index (κ2) is 9.73. The van der Waals surface area contributed by atoms with E-state index in [0.717, 1.165) is 30.0 Å². The van der Waals surface area contributed by atoms with Crippen LogP contribution in [0, 0.1) is 0 Å². The van der Waals surface area contributed by atoms with Gasteiger partial charge in [0.25, 0.3) is 5.91 Å². The highest BCUT2D eigenvalue weighted by Crippen LogP contribution is 2.13. The Morgan fingerprint density at radius 1 is 1.04 bits per heavy atom. The predicted octanol–water partition coefficient (Wildman–Crippen LogP) is 3.20. The average molecular weight is 351 g/mol. The van der Waals surface area contributed by atoms with Crippen LogP contribution in [-0.2, 0) is 11.4 Å². The third kappa shape index (κ3) is 6.01. The van der Waals surface area contributed by atoms with Crippen molar-refractivity contribution in [3.8, 4) is 5.75 Å². The number of amides is 1. The van der Waals surface area contributed by atoms with Gasteiger partial charge >= 0.3 is 0 Å². The lowest BCUT2D eigenvalue weighted by Crippen LogP contribution is -2.38. The van der Waals surface area contributed by atoms with Crippen molar-refractivity contribution in [1.82, 2.24) is 10.3 Å². The molecule has 5 heteroatoms. The highest BCUT2D eigenvalue weighted by Gasteiger charge is 2.12. The van der Waals surface area contributed by atoms with Gasteiger partial charge in [0.05, 0.1) is 12.8 Å². The molecule has 0 radical (unpaired) electrons. The van der Waals surface area contributed by atoms with Gasteiger partial charge in [0.1, 0.15) is 12.4 Å². The molecular formula is C21H25N3O2. The van der Waals surface area contributed by atoms with Crippen LogP contribution in [0.3, 0.4) is 0 Å². The number of nitrogens with one attached hydrogen (secondary N) is 1. The molecule has 0 spiro atoms. The summed E-state index contributed by atoms with van der Waals surface area (Å²) in [7, 11) is 0. The fraction of sp³-hybridized carbons (Fsp3) is 0.333. The average Bonchev–Trinajstić information content (AvgIpc) is 2.69. The third-order valence-electron chi connectivity index (χ3n) is 4.35. The summed E-state index contributed by atoms with van der Waals surface area (Å²) in [6.45, 7) is 2.97. The minimum Gasteiger partial charge on any atom is -0.489 e. The predicted molar refractivity (Wildman–Crippen MR) is 103 cm³/mol. The zero-order valence-electron chi connectivity index (χ0n) is 14.9. The zero-order chi connectivity index (χ0) is 18.0. The van der Waals surface area contributed by atoms with Crippen LogP contribution < -0.4 is 10.2 Å². The van der Waals surface area contributed by atoms with Crippen LogP contribution in [0.2, 0.25) is 0 Å². The van der Waals surface area contributed by atoms with Crippen LogP contribution in [0.15, 0.2) is 59.7 Å². The van der Waals surface area contributed by atoms with Crippen LogP contribution in [-0.4, -0.2) is 36.7 Å². The number of carbonyl (C=O) groups excluding carboxylic acids is 1. The zero-order valence-corrected chi connectivity index (χ0v) is 14.9. The summed E-state index contributed by atoms with van der Waals surface area (Å²) in [4.78, 5) is 14.1. The maximum Gasteiger partial charge on any atom is 0.254 e. The van der Waals surface area contributed by atoms with E-state index in [0.29, 0.717) is 13.2 Å². The Hall–Kier alpha value is -2.66. The maximum absolute atomic E-state index is 11.9. The molecule has 0 aromatic heterocycles. The summed E-state index contributed by atoms with van der Waals surface area (Å²) < 4.78 is 5.75. The van der Waals surface area contributed by atoms with E-state index >= 15 is 0 Å². The Morgan fingerprint density at radius 2 is 1.77 bits per heavy atom. The lowest BCUT2D eigenvalue weighted by molar-refractivity contribution is -0.122. The number of rotatable bonds is 7. The van der Waals surface area contributed by atoms with Crippen LogP contribution in [0.4, 0.5) is 0 Å². The highest BCUT2D eigenvalue weighted by atomic mass is 16.5. The summed E-state index contributed by atoms with van der Waals surface area (Å²) in [5, 5.41) is 4.04. The number of piperidine rings is 1. The molecule has 1 fully saturated rings. The number of carbonyl (C=O) groups is 1. The molecule has 26 heavy (non-hydrogen) atoms. The molecule has 0 aliphatic carbocycles. The fourth-order valence-electron chi connectivity index (χ4n) is 2.93. The van der Waals surface area contributed by atoms with Gasteiger partial charge in [-0.25, -0.2) is 5.43 Å². The summed E-state index contributed by atoms with van der Waals surface area (Å²) in [5.74, 6) is 0.742. The molecule has 0 unspecified atom stereocenters. The van der Waals surface area contributed by atoms with Gasteiger partial charge in [-0.3, -0.25) is 9.69 Å². The van der Waals surface area contributed by atoms with Crippen molar-refractivity contribution in [2.24, 2.45) is 5.10 Å². The molecule has 1 saturated heterocycles. The van der Waals surface area contributed by atoms with E-state index in [9.17, 15) is 4.79 Å². The quantitative estimate of drug-likeness (QED) is 0.616. The number of hydrazone groups is 1. The third-order valence-corrected chi connectivity index (χ3v) is 4.35. The molecular weight excluding hydrogens is 326 g/mol. The lowest BCUT2D eigenvalue weighted by Gasteiger charge is -2.25. The number of benzene rings is 2. The number of ether oxygens (including phenoxy) is 1. The normalized spacial score (nSPS) is 15.1. The smallest absolute Gasteiger partial charge is 0.254 e. The lowest BCUT2D eigenvalue weighted by atomic mass is 10.1. The van der Waals surface area contributed by atoms with Gasteiger partial charge in [0, 0.05) is 0 Å². The van der Waals surface area contributed by atoms with E-state index in [-0.39, 0.29) is 5.91 Å². The van der Waals surface area contributed by atoms with Crippen molar-refractivity contribution in [3.05, 3.63) is 65.7 Å². The van der Waals surface area contributed by atoms with Gasteiger partial charge in [-0.05, 0) is 61.3 Å². The van der Waals surface area contributed by atoms with Crippen molar-refractivity contribution in [3.63, 3.8) is 0 Å². The molecule has 0 saturated carbocycles. The van der Waals surface area contributed by atoms with Crippen LogP contribution in [0.25, 0.3) is 0 Å². The van der Waals surface area contributed by atoms with Gasteiger partial charge in [-0.2, -0.15) is 5.10 Å². The Morgan fingerprint density at radius 3 is 2.50 bits per heavy atom. The van der Waals surface area contributed by atoms with E-state index in [1.165, 1.54) is 19.3 Å². The molecule has 1 amide bonds. The van der Waals surface area contributed by atoms with Gasteiger partial charge < -0.3 is 4.74 Å². The first kappa shape index (κ1) is 18.1. The molecule has 1 heterocycles. The topological polar surface area (TPSA) is 53.9 Å². The van der Waals surface area contributed by atoms with Crippen molar-refractivity contribution in [2.45, 2.75) is 25.9 Å². The molecule has 0 atom stereocenters. The van der Waals surface area contributed by atoms with Crippen LogP contribution in [0.1, 0.15) is 30.4 Å². The summed E-state index contributed by atoms with van der Waals surface area (Å²) in [6.07, 6.45) is 5.26. The maximum atomic E-state index is 11.9. The summed E-state index contributed by atoms with van der Waals surface area (Å²) in [6, 6.07) is 17.7. The Kier molecular flexibility index (Phi) is 6.79. The van der Waals surface area contributed by atoms with Crippen molar-refractivity contribution < 1.29 is 9.53 Å². The second-order valence-electron chi connectivity index (χ2n) is 6.47. The van der Waals surface area contributed by atoms with E-state index in [2.05, 4.69) is 15.4 Å². The van der Waals surface area contributed by atoms with Gasteiger partial charge in [-0.1, -0.05) is 36.8 Å². The van der Waals surface area contributed by atoms with E-state index < -0.39 is 0 Å². The van der Waals surface area contributed by atoms with Crippen molar-refractivity contribution >= 4 is 12.1 Å². The fourth-order valence-corrected chi connectivity index (χ4v) is 2.93. The first-order valence-corrected chi connectivity index (χ1v) is 9.11. The first-order valence-electron chi connectivity index (χ1n) is 9.11. The molecule has 2 aromatic carbocycles. The van der Waals surface area contributed by atoms with E-state index in [1.54, 1.807) is 6.21 Å². The monoisotopic (exact) mass is 351 g/mol. The number of hydrogen-bond acceptors (Lipinski definition) is 4. The first-order chi connectivity index (χ1) is 12.8. The Balaban J connectivity index is 1.41. The van der Waals surface area contributed by atoms with Gasteiger partial charge in [0.2, 0.25) is 0 Å². The second-order valence-corrected chi connectivity index (χ2v) is 6.47. The summed E-state index contributed by atoms with van der Waals surface area (Å²) in [5.41, 5.74) is 4.64. The Labute approximate surface area is 154 Å². The van der Waals surface area contributed by atoms with Gasteiger partial charge in [-0.15, -0.1) is 0 Å². The molecule has 1 N–H and O–H groups in total. The van der Waals surface area contributed by atoms with Crippen LogP contribution in [0.5, 0.6) is 5.75 Å². The standard InChI is InChI=1S/C21H25N3O2/c25-21(16-24-13-5-2-6-14-24)23-22-15-18-9-11-20(12-10-18)26-17-19-7-3-1-4-8-19/h1,3-4,7-12,15H,2,5-6,13-14,16-17H2,(H,23,25)/b22-15-. The van der Waals surface area contributed by atoms with E-state index in [1.807, 2.05) is 54.6 Å². The van der Waals surface area contributed by atoms with E-state index in [4.69, 9.17) is 4.74 Å². The summed E-state index contributed by atoms with van der Waals surface area (Å²) >= 11 is 0. The number of hydrogen-bond donors (Lipinski definition) is 1. The molecule has 2 aromatic rings. The highest BCUT2D eigenvalue weighted by molar-refractivity contribution is 5.83. The largest absolute Gasteiger partial charge is 0.489 e. The number of likely N-dealkylation sites (tertiary alicyclic amines) is 1. The Bertz CT molecular complexity index is 708. The minimum atomic E-state index is -0.0639. The van der Waals surface area contributed by atoms with Crippen molar-refractivity contribution in [2.75, 3.05) is 19.6 Å². The molecule has 5 nitrogen and oxygen atoms in total. The molecule has 0 bridgehead atoms.